The van der Waals surface area contributed by atoms with E-state index in [9.17, 15) is 5.11 Å². The molecule has 0 aliphatic carbocycles. The zero-order valence-electron chi connectivity index (χ0n) is 15.7. The maximum Gasteiger partial charge on any atom is 2.00 e. The Morgan fingerprint density at radius 2 is 1.42 bits per heavy atom. The summed E-state index contributed by atoms with van der Waals surface area (Å²) in [5.74, 6) is 0. The molecule has 0 saturated carbocycles. The van der Waals surface area contributed by atoms with E-state index in [1.807, 2.05) is 60.7 Å². The Morgan fingerprint density at radius 1 is 0.923 bits per heavy atom. The molecule has 5 nitrogen and oxygen atoms in total. The van der Waals surface area contributed by atoms with E-state index in [0.717, 1.165) is 11.1 Å². The maximum absolute atomic E-state index is 9.63. The molecule has 1 aliphatic rings. The van der Waals surface area contributed by atoms with E-state index in [1.54, 1.807) is 0 Å². The van der Waals surface area contributed by atoms with Gasteiger partial charge in [0.05, 0.1) is 32.0 Å². The van der Waals surface area contributed by atoms with E-state index in [2.05, 4.69) is 0 Å². The van der Waals surface area contributed by atoms with E-state index in [1.165, 1.54) is 6.61 Å². The normalized spacial score (nSPS) is 25.5. The quantitative estimate of drug-likeness (QED) is 0.517. The first-order chi connectivity index (χ1) is 12.3. The fourth-order valence-corrected chi connectivity index (χ4v) is 2.87. The standard InChI is InChI=1S/C20H24NO4.Sr.H/c21-17-14-23-18(11-22)20(25-13-16-9-5-2-6-10-16)19(17)24-12-15-7-3-1-4-8-15;;/h1-10,14,17-20,22H,11-13,21H2;;/q-1;+2;-1/t17?,18?,19-,20+;;/m0../s1. The van der Waals surface area contributed by atoms with Crippen LogP contribution in [0, 0.1) is 6.61 Å². The van der Waals surface area contributed by atoms with Crippen LogP contribution in [-0.4, -0.2) is 81.5 Å². The van der Waals surface area contributed by atoms with Crippen molar-refractivity contribution in [1.82, 2.24) is 0 Å². The van der Waals surface area contributed by atoms with Crippen LogP contribution in [0.4, 0.5) is 0 Å². The zero-order valence-corrected chi connectivity index (χ0v) is 18.2. The molecule has 1 fully saturated rings. The summed E-state index contributed by atoms with van der Waals surface area (Å²) in [7, 11) is 0. The zero-order chi connectivity index (χ0) is 17.5. The summed E-state index contributed by atoms with van der Waals surface area (Å²) in [4.78, 5) is 0. The molecule has 2 aromatic carbocycles. The van der Waals surface area contributed by atoms with Gasteiger partial charge in [0.25, 0.3) is 0 Å². The molecule has 3 N–H and O–H groups in total. The predicted octanol–water partition coefficient (Wildman–Crippen LogP) is 1.77. The second kappa shape index (κ2) is 11.5. The minimum absolute atomic E-state index is 0. The number of ether oxygens (including phenoxy) is 3. The fourth-order valence-electron chi connectivity index (χ4n) is 2.87. The van der Waals surface area contributed by atoms with Gasteiger partial charge in [-0.1, -0.05) is 66.7 Å². The third-order valence-corrected chi connectivity index (χ3v) is 4.23. The minimum Gasteiger partial charge on any atom is -1.00 e. The van der Waals surface area contributed by atoms with Gasteiger partial charge in [-0.2, -0.15) is 6.61 Å². The van der Waals surface area contributed by atoms with Crippen LogP contribution < -0.4 is 5.73 Å². The number of benzene rings is 2. The number of rotatable bonds is 7. The number of hydrogen-bond acceptors (Lipinski definition) is 5. The third kappa shape index (κ3) is 6.12. The molecule has 4 atom stereocenters. The molecule has 1 aliphatic heterocycles. The molecule has 1 saturated heterocycles. The molecule has 0 amide bonds. The largest absolute Gasteiger partial charge is 2.00 e. The van der Waals surface area contributed by atoms with Crippen molar-refractivity contribution >= 4 is 45.5 Å². The van der Waals surface area contributed by atoms with Gasteiger partial charge in [-0.05, 0) is 11.1 Å². The first kappa shape index (κ1) is 22.0. The second-order valence-corrected chi connectivity index (χ2v) is 6.09. The van der Waals surface area contributed by atoms with Crippen molar-refractivity contribution in [1.29, 1.82) is 0 Å². The van der Waals surface area contributed by atoms with Gasteiger partial charge in [0.15, 0.2) is 0 Å². The molecule has 0 spiro atoms. The molecule has 0 radical (unpaired) electrons. The van der Waals surface area contributed by atoms with Crippen molar-refractivity contribution in [3.8, 4) is 0 Å². The number of aliphatic hydroxyl groups excluding tert-OH is 1. The Kier molecular flexibility index (Phi) is 9.77. The minimum atomic E-state index is -0.496. The van der Waals surface area contributed by atoms with Crippen LogP contribution >= 0.6 is 0 Å². The average molecular weight is 431 g/mol. The van der Waals surface area contributed by atoms with Gasteiger partial charge in [-0.15, -0.1) is 0 Å². The number of aliphatic hydroxyl groups is 1. The van der Waals surface area contributed by atoms with Gasteiger partial charge in [0.2, 0.25) is 0 Å². The van der Waals surface area contributed by atoms with E-state index < -0.39 is 24.4 Å². The Bertz CT molecular complexity index is 634. The Labute approximate surface area is 193 Å². The first-order valence-electron chi connectivity index (χ1n) is 8.44. The summed E-state index contributed by atoms with van der Waals surface area (Å²) in [6.45, 7) is 2.20. The monoisotopic (exact) mass is 431 g/mol. The van der Waals surface area contributed by atoms with E-state index in [4.69, 9.17) is 19.9 Å². The molecule has 6 heteroatoms. The number of hydrogen-bond donors (Lipinski definition) is 2. The SMILES string of the molecule is NC1[CH-]OC(CO)[C@@H](OCc2ccccc2)[C@H]1OCc1ccccc1.[H-].[Sr+2]. The molecule has 1 heterocycles. The molecule has 26 heavy (non-hydrogen) atoms. The van der Waals surface area contributed by atoms with Gasteiger partial charge in [-0.25, -0.2) is 0 Å². The summed E-state index contributed by atoms with van der Waals surface area (Å²) >= 11 is 0. The van der Waals surface area contributed by atoms with Gasteiger partial charge in [0.1, 0.15) is 6.10 Å². The smallest absolute Gasteiger partial charge is 1.00 e. The van der Waals surface area contributed by atoms with Crippen LogP contribution in [0.3, 0.4) is 0 Å². The van der Waals surface area contributed by atoms with Crippen LogP contribution in [0.2, 0.25) is 0 Å². The van der Waals surface area contributed by atoms with Crippen LogP contribution in [0.1, 0.15) is 12.6 Å². The summed E-state index contributed by atoms with van der Waals surface area (Å²) in [5.41, 5.74) is 8.26. The molecule has 3 rings (SSSR count). The van der Waals surface area contributed by atoms with Crippen molar-refractivity contribution in [2.75, 3.05) is 6.61 Å². The molecule has 2 unspecified atom stereocenters. The summed E-state index contributed by atoms with van der Waals surface area (Å²) in [5, 5.41) is 9.63. The van der Waals surface area contributed by atoms with Crippen molar-refractivity contribution in [2.24, 2.45) is 5.73 Å². The Morgan fingerprint density at radius 3 is 1.92 bits per heavy atom. The first-order valence-corrected chi connectivity index (χ1v) is 8.44. The molecular formula is C20H25NO4Sr. The maximum atomic E-state index is 9.63. The fraction of sp³-hybridized carbons (Fsp3) is 0.350. The van der Waals surface area contributed by atoms with Crippen LogP contribution in [0.25, 0.3) is 0 Å². The van der Waals surface area contributed by atoms with Crippen molar-refractivity contribution in [3.05, 3.63) is 78.4 Å². The van der Waals surface area contributed by atoms with Gasteiger partial charge >= 0.3 is 45.5 Å². The van der Waals surface area contributed by atoms with E-state index >= 15 is 0 Å². The Balaban J connectivity index is 0.00000182. The summed E-state index contributed by atoms with van der Waals surface area (Å²) in [6.07, 6.45) is -1.34. The molecule has 2 aromatic rings. The molecule has 0 aromatic heterocycles. The number of nitrogens with two attached hydrogens (primary N) is 1. The van der Waals surface area contributed by atoms with Crippen LogP contribution in [-0.2, 0) is 27.4 Å². The molecule has 136 valence electrons. The molecule has 0 bridgehead atoms. The van der Waals surface area contributed by atoms with Crippen molar-refractivity contribution < 1.29 is 20.7 Å². The average Bonchev–Trinajstić information content (AvgIpc) is 2.67. The second-order valence-electron chi connectivity index (χ2n) is 6.09. The van der Waals surface area contributed by atoms with E-state index in [-0.39, 0.29) is 53.5 Å². The third-order valence-electron chi connectivity index (χ3n) is 4.23. The van der Waals surface area contributed by atoms with Crippen LogP contribution in [0.15, 0.2) is 60.7 Å². The summed E-state index contributed by atoms with van der Waals surface area (Å²) < 4.78 is 17.6. The van der Waals surface area contributed by atoms with Crippen molar-refractivity contribution in [2.45, 2.75) is 37.6 Å². The van der Waals surface area contributed by atoms with Crippen LogP contribution in [0.5, 0.6) is 0 Å². The van der Waals surface area contributed by atoms with Gasteiger partial charge < -0.3 is 26.5 Å². The van der Waals surface area contributed by atoms with Gasteiger partial charge in [0, 0.05) is 0 Å². The topological polar surface area (TPSA) is 73.9 Å². The van der Waals surface area contributed by atoms with E-state index in [0.29, 0.717) is 13.2 Å². The van der Waals surface area contributed by atoms with Gasteiger partial charge in [-0.3, -0.25) is 0 Å². The van der Waals surface area contributed by atoms with Crippen molar-refractivity contribution in [3.63, 3.8) is 0 Å². The molecular weight excluding hydrogens is 406 g/mol. The predicted molar refractivity (Wildman–Crippen MR) is 101 cm³/mol. The Hall–Kier alpha value is -0.279. The summed E-state index contributed by atoms with van der Waals surface area (Å²) in [6, 6.07) is 19.3.